The fourth-order valence-corrected chi connectivity index (χ4v) is 2.94. The molecule has 1 unspecified atom stereocenters. The Morgan fingerprint density at radius 2 is 1.92 bits per heavy atom. The van der Waals surface area contributed by atoms with Crippen LogP contribution in [0, 0.1) is 21.4 Å². The molecule has 8 nitrogen and oxygen atoms in total. The van der Waals surface area contributed by atoms with Crippen molar-refractivity contribution in [2.75, 3.05) is 0 Å². The van der Waals surface area contributed by atoms with Crippen LogP contribution in [0.25, 0.3) is 0 Å². The van der Waals surface area contributed by atoms with Gasteiger partial charge in [0.05, 0.1) is 10.8 Å². The molecule has 2 aliphatic heterocycles. The number of carbonyl (C=O) groups excluding carboxylic acids is 2. The van der Waals surface area contributed by atoms with E-state index in [0.717, 1.165) is 0 Å². The molecule has 1 aromatic carbocycles. The number of non-ortho nitro benzene ring substituents is 1. The van der Waals surface area contributed by atoms with Crippen LogP contribution < -0.4 is 0 Å². The van der Waals surface area contributed by atoms with Crippen LogP contribution >= 0.6 is 0 Å². The van der Waals surface area contributed by atoms with E-state index < -0.39 is 22.5 Å². The van der Waals surface area contributed by atoms with Gasteiger partial charge in [0.2, 0.25) is 5.91 Å². The predicted molar refractivity (Wildman–Crippen MR) is 90.3 cm³/mol. The molecule has 0 aromatic heterocycles. The molecular weight excluding hydrogens is 340 g/mol. The number of amides is 1. The number of β-lactam (4-membered cyclic amide) rings is 1. The lowest BCUT2D eigenvalue weighted by Gasteiger charge is -2.39. The number of nitro groups is 1. The summed E-state index contributed by atoms with van der Waals surface area (Å²) in [6.45, 7) is 7.39. The highest BCUT2D eigenvalue weighted by Gasteiger charge is 2.57. The fourth-order valence-electron chi connectivity index (χ4n) is 2.94. The van der Waals surface area contributed by atoms with E-state index in [1.807, 2.05) is 20.8 Å². The summed E-state index contributed by atoms with van der Waals surface area (Å²) in [5.41, 5.74) is 0.261. The van der Waals surface area contributed by atoms with Crippen molar-refractivity contribution in [3.63, 3.8) is 0 Å². The largest absolute Gasteiger partial charge is 0.471 e. The molecule has 1 aromatic rings. The van der Waals surface area contributed by atoms with Crippen LogP contribution in [0.3, 0.4) is 0 Å². The van der Waals surface area contributed by atoms with Crippen molar-refractivity contribution in [3.05, 3.63) is 51.4 Å². The topological polar surface area (TPSA) is 99.0 Å². The monoisotopic (exact) mass is 360 g/mol. The highest BCUT2D eigenvalue weighted by Crippen LogP contribution is 2.45. The van der Waals surface area contributed by atoms with Gasteiger partial charge in [0.15, 0.2) is 11.9 Å². The zero-order chi connectivity index (χ0) is 19.2. The Morgan fingerprint density at radius 1 is 1.31 bits per heavy atom. The lowest BCUT2D eigenvalue weighted by molar-refractivity contribution is -0.384. The molecule has 3 rings (SSSR count). The molecule has 8 heteroatoms. The zero-order valence-electron chi connectivity index (χ0n) is 15.0. The number of carbonyl (C=O) groups is 2. The Labute approximate surface area is 150 Å². The number of hydrogen-bond acceptors (Lipinski definition) is 6. The Balaban J connectivity index is 1.76. The second-order valence-corrected chi connectivity index (χ2v) is 7.43. The Hall–Kier alpha value is -2.90. The van der Waals surface area contributed by atoms with Crippen LogP contribution in [0.4, 0.5) is 5.69 Å². The highest BCUT2D eigenvalue weighted by molar-refractivity contribution is 5.99. The zero-order valence-corrected chi connectivity index (χ0v) is 15.0. The maximum atomic E-state index is 12.6. The van der Waals surface area contributed by atoms with Gasteiger partial charge in [0.25, 0.3) is 5.69 Å². The molecule has 2 atom stereocenters. The Bertz CT molecular complexity index is 806. The third kappa shape index (κ3) is 2.91. The fraction of sp³-hybridized carbons (Fsp3) is 0.444. The van der Waals surface area contributed by atoms with E-state index in [-0.39, 0.29) is 29.8 Å². The quantitative estimate of drug-likeness (QED) is 0.354. The second-order valence-electron chi connectivity index (χ2n) is 7.43. The Morgan fingerprint density at radius 3 is 2.46 bits per heavy atom. The van der Waals surface area contributed by atoms with Gasteiger partial charge in [-0.25, -0.2) is 4.79 Å². The first kappa shape index (κ1) is 17.9. The van der Waals surface area contributed by atoms with Crippen LogP contribution in [0.1, 0.15) is 33.3 Å². The molecule has 0 aliphatic carbocycles. The number of esters is 1. The number of benzene rings is 1. The van der Waals surface area contributed by atoms with Crippen LogP contribution in [0.5, 0.6) is 0 Å². The molecule has 2 aliphatic rings. The van der Waals surface area contributed by atoms with E-state index in [4.69, 9.17) is 9.47 Å². The van der Waals surface area contributed by atoms with E-state index in [1.165, 1.54) is 29.2 Å². The van der Waals surface area contributed by atoms with Crippen molar-refractivity contribution in [2.45, 2.75) is 40.5 Å². The minimum atomic E-state index is -0.643. The van der Waals surface area contributed by atoms with Gasteiger partial charge >= 0.3 is 5.97 Å². The van der Waals surface area contributed by atoms with Crippen molar-refractivity contribution in [1.82, 2.24) is 4.90 Å². The standard InChI is InChI=1S/C18H20N2O6/c1-10-15(21)19-13(14(18(2,3)4)26-16(10)19)17(22)25-9-11-5-7-12(8-6-11)20(23)24/h5-8,10,16H,9H2,1-4H3/t10?,16-/m1/s1. The van der Waals surface area contributed by atoms with Gasteiger partial charge in [0.1, 0.15) is 12.4 Å². The van der Waals surface area contributed by atoms with Crippen LogP contribution in [0.2, 0.25) is 0 Å². The van der Waals surface area contributed by atoms with Gasteiger partial charge in [-0.05, 0) is 24.6 Å². The van der Waals surface area contributed by atoms with Crippen molar-refractivity contribution >= 4 is 17.6 Å². The first-order chi connectivity index (χ1) is 12.1. The number of allylic oxidation sites excluding steroid dienone is 1. The summed E-state index contributed by atoms with van der Waals surface area (Å²) in [5, 5.41) is 10.7. The summed E-state index contributed by atoms with van der Waals surface area (Å²) in [6, 6.07) is 5.74. The van der Waals surface area contributed by atoms with Crippen LogP contribution in [-0.2, 0) is 25.7 Å². The summed E-state index contributed by atoms with van der Waals surface area (Å²) in [7, 11) is 0. The molecule has 26 heavy (non-hydrogen) atoms. The molecular formula is C18H20N2O6. The third-order valence-corrected chi connectivity index (χ3v) is 4.40. The van der Waals surface area contributed by atoms with E-state index in [0.29, 0.717) is 11.3 Å². The highest BCUT2D eigenvalue weighted by atomic mass is 16.6. The SMILES string of the molecule is CC1C(=O)N2C(C(=O)OCc3ccc([N+](=O)[O-])cc3)=C(C(C)(C)C)O[C@H]12. The van der Waals surface area contributed by atoms with Crippen molar-refractivity contribution < 1.29 is 24.0 Å². The lowest BCUT2D eigenvalue weighted by atomic mass is 9.92. The van der Waals surface area contributed by atoms with E-state index in [9.17, 15) is 19.7 Å². The first-order valence-electron chi connectivity index (χ1n) is 8.26. The minimum Gasteiger partial charge on any atom is -0.471 e. The number of ether oxygens (including phenoxy) is 2. The summed E-state index contributed by atoms with van der Waals surface area (Å²) < 4.78 is 11.2. The average Bonchev–Trinajstić information content (AvgIpc) is 2.96. The maximum Gasteiger partial charge on any atom is 0.359 e. The van der Waals surface area contributed by atoms with Gasteiger partial charge in [0, 0.05) is 17.5 Å². The summed E-state index contributed by atoms with van der Waals surface area (Å²) in [4.78, 5) is 36.3. The minimum absolute atomic E-state index is 0.0370. The summed E-state index contributed by atoms with van der Waals surface area (Å²) in [6.07, 6.45) is -0.460. The van der Waals surface area contributed by atoms with Gasteiger partial charge in [-0.3, -0.25) is 19.8 Å². The molecule has 0 radical (unpaired) electrons. The average molecular weight is 360 g/mol. The van der Waals surface area contributed by atoms with E-state index >= 15 is 0 Å². The lowest BCUT2D eigenvalue weighted by Crippen LogP contribution is -2.57. The number of nitro benzene ring substituents is 1. The molecule has 0 bridgehead atoms. The summed E-state index contributed by atoms with van der Waals surface area (Å²) in [5.74, 6) is -0.672. The summed E-state index contributed by atoms with van der Waals surface area (Å²) >= 11 is 0. The Kier molecular flexibility index (Phi) is 4.21. The van der Waals surface area contributed by atoms with Crippen molar-refractivity contribution in [1.29, 1.82) is 0 Å². The molecule has 1 amide bonds. The molecule has 1 fully saturated rings. The van der Waals surface area contributed by atoms with Crippen molar-refractivity contribution in [2.24, 2.45) is 11.3 Å². The third-order valence-electron chi connectivity index (χ3n) is 4.40. The van der Waals surface area contributed by atoms with E-state index in [1.54, 1.807) is 6.92 Å². The normalized spacial score (nSPS) is 21.8. The van der Waals surface area contributed by atoms with Gasteiger partial charge in [-0.1, -0.05) is 20.8 Å². The molecule has 2 heterocycles. The predicted octanol–water partition coefficient (Wildman–Crippen LogP) is 2.73. The van der Waals surface area contributed by atoms with Gasteiger partial charge in [-0.15, -0.1) is 0 Å². The molecule has 138 valence electrons. The molecule has 0 saturated carbocycles. The first-order valence-corrected chi connectivity index (χ1v) is 8.26. The van der Waals surface area contributed by atoms with Gasteiger partial charge < -0.3 is 9.47 Å². The second kappa shape index (κ2) is 6.12. The number of nitrogens with zero attached hydrogens (tertiary/aromatic N) is 2. The van der Waals surface area contributed by atoms with Crippen LogP contribution in [-0.4, -0.2) is 27.9 Å². The van der Waals surface area contributed by atoms with Crippen LogP contribution in [0.15, 0.2) is 35.7 Å². The molecule has 0 N–H and O–H groups in total. The smallest absolute Gasteiger partial charge is 0.359 e. The number of rotatable bonds is 4. The maximum absolute atomic E-state index is 12.6. The number of hydrogen-bond donors (Lipinski definition) is 0. The van der Waals surface area contributed by atoms with E-state index in [2.05, 4.69) is 0 Å². The van der Waals surface area contributed by atoms with Gasteiger partial charge in [-0.2, -0.15) is 0 Å². The number of fused-ring (bicyclic) bond motifs is 1. The van der Waals surface area contributed by atoms with Crippen molar-refractivity contribution in [3.8, 4) is 0 Å². The molecule has 0 spiro atoms. The molecule has 1 saturated heterocycles.